The van der Waals surface area contributed by atoms with Crippen LogP contribution in [0.3, 0.4) is 0 Å². The standard InChI is InChI=1S/C8H8BN2O2/c10-11-8(12)5-1-2-7-6(3-5)4-13-9-7/h1-3H,4,10H2,(H,11,12). The first-order chi connectivity index (χ1) is 6.31. The summed E-state index contributed by atoms with van der Waals surface area (Å²) in [5.74, 6) is 4.73. The van der Waals surface area contributed by atoms with Crippen molar-refractivity contribution >= 4 is 18.9 Å². The van der Waals surface area contributed by atoms with Crippen LogP contribution >= 0.6 is 0 Å². The van der Waals surface area contributed by atoms with Crippen LogP contribution in [0.15, 0.2) is 18.2 Å². The van der Waals surface area contributed by atoms with Gasteiger partial charge in [-0.25, -0.2) is 5.84 Å². The Balaban J connectivity index is 2.36. The predicted octanol–water partition coefficient (Wildman–Crippen LogP) is -0.935. The molecule has 0 saturated heterocycles. The van der Waals surface area contributed by atoms with Gasteiger partial charge < -0.3 is 4.65 Å². The predicted molar refractivity (Wildman–Crippen MR) is 48.3 cm³/mol. The van der Waals surface area contributed by atoms with E-state index in [0.29, 0.717) is 12.2 Å². The van der Waals surface area contributed by atoms with Crippen molar-refractivity contribution in [1.29, 1.82) is 0 Å². The number of rotatable bonds is 1. The van der Waals surface area contributed by atoms with Crippen molar-refractivity contribution in [3.05, 3.63) is 29.3 Å². The van der Waals surface area contributed by atoms with Gasteiger partial charge >= 0.3 is 7.48 Å². The maximum absolute atomic E-state index is 11.1. The third kappa shape index (κ3) is 1.43. The summed E-state index contributed by atoms with van der Waals surface area (Å²) >= 11 is 0. The van der Waals surface area contributed by atoms with Crippen molar-refractivity contribution in [2.45, 2.75) is 6.61 Å². The van der Waals surface area contributed by atoms with Crippen LogP contribution in [-0.4, -0.2) is 13.4 Å². The highest BCUT2D eigenvalue weighted by atomic mass is 16.4. The summed E-state index contributed by atoms with van der Waals surface area (Å²) < 4.78 is 5.10. The van der Waals surface area contributed by atoms with Crippen LogP contribution in [0.2, 0.25) is 0 Å². The Hall–Kier alpha value is -1.33. The molecule has 0 spiro atoms. The first kappa shape index (κ1) is 8.28. The van der Waals surface area contributed by atoms with E-state index < -0.39 is 0 Å². The SMILES string of the molecule is NNC(=O)c1ccc2c(c1)CO[B]2. The molecule has 3 N–H and O–H groups in total. The van der Waals surface area contributed by atoms with Crippen LogP contribution in [0, 0.1) is 0 Å². The van der Waals surface area contributed by atoms with E-state index in [1.54, 1.807) is 19.6 Å². The number of nitrogens with two attached hydrogens (primary N) is 1. The topological polar surface area (TPSA) is 64.3 Å². The molecule has 4 nitrogen and oxygen atoms in total. The zero-order valence-corrected chi connectivity index (χ0v) is 6.91. The molecule has 0 fully saturated rings. The third-order valence-electron chi connectivity index (χ3n) is 1.99. The fourth-order valence-electron chi connectivity index (χ4n) is 1.29. The van der Waals surface area contributed by atoms with Crippen molar-refractivity contribution < 1.29 is 9.45 Å². The fraction of sp³-hybridized carbons (Fsp3) is 0.125. The van der Waals surface area contributed by atoms with Gasteiger partial charge in [-0.05, 0) is 23.2 Å². The molecule has 0 aliphatic carbocycles. The zero-order chi connectivity index (χ0) is 9.26. The lowest BCUT2D eigenvalue weighted by atomic mass is 9.86. The minimum atomic E-state index is -0.283. The Morgan fingerprint density at radius 1 is 1.62 bits per heavy atom. The number of hydrogen-bond acceptors (Lipinski definition) is 3. The summed E-state index contributed by atoms with van der Waals surface area (Å²) in [7, 11) is 1.68. The molecule has 0 unspecified atom stereocenters. The van der Waals surface area contributed by atoms with Gasteiger partial charge in [-0.2, -0.15) is 0 Å². The van der Waals surface area contributed by atoms with Crippen molar-refractivity contribution in [3.63, 3.8) is 0 Å². The number of carbonyl (C=O) groups is 1. The van der Waals surface area contributed by atoms with Crippen molar-refractivity contribution in [2.24, 2.45) is 5.84 Å². The van der Waals surface area contributed by atoms with E-state index in [4.69, 9.17) is 10.5 Å². The zero-order valence-electron chi connectivity index (χ0n) is 6.91. The van der Waals surface area contributed by atoms with Crippen LogP contribution in [0.5, 0.6) is 0 Å². The first-order valence-electron chi connectivity index (χ1n) is 3.90. The van der Waals surface area contributed by atoms with Gasteiger partial charge in [0.25, 0.3) is 5.91 Å². The Labute approximate surface area is 76.3 Å². The van der Waals surface area contributed by atoms with Gasteiger partial charge in [-0.3, -0.25) is 10.2 Å². The molecular formula is C8H8BN2O2. The number of benzene rings is 1. The maximum atomic E-state index is 11.1. The molecular weight excluding hydrogens is 167 g/mol. The number of nitrogen functional groups attached to an aromatic ring is 1. The lowest BCUT2D eigenvalue weighted by Gasteiger charge is -2.01. The molecule has 1 heterocycles. The molecule has 2 rings (SSSR count). The maximum Gasteiger partial charge on any atom is 0.330 e. The summed E-state index contributed by atoms with van der Waals surface area (Å²) in [5.41, 5.74) is 4.67. The molecule has 65 valence electrons. The number of hydrazine groups is 1. The second kappa shape index (κ2) is 3.20. The van der Waals surface area contributed by atoms with Crippen molar-refractivity contribution in [1.82, 2.24) is 5.43 Å². The average molecular weight is 175 g/mol. The molecule has 0 atom stereocenters. The van der Waals surface area contributed by atoms with Gasteiger partial charge in [0.15, 0.2) is 0 Å². The molecule has 1 aliphatic heterocycles. The molecule has 13 heavy (non-hydrogen) atoms. The lowest BCUT2D eigenvalue weighted by Crippen LogP contribution is -2.30. The Bertz CT molecular complexity index is 354. The smallest absolute Gasteiger partial charge is 0.330 e. The molecule has 1 radical (unpaired) electrons. The van der Waals surface area contributed by atoms with Gasteiger partial charge in [-0.15, -0.1) is 0 Å². The largest absolute Gasteiger partial charge is 0.430 e. The summed E-state index contributed by atoms with van der Waals surface area (Å²) in [6, 6.07) is 5.33. The summed E-state index contributed by atoms with van der Waals surface area (Å²) in [6.07, 6.45) is 0. The second-order valence-corrected chi connectivity index (χ2v) is 2.82. The Morgan fingerprint density at radius 3 is 3.23 bits per heavy atom. The van der Waals surface area contributed by atoms with Gasteiger partial charge in [0.05, 0.1) is 6.61 Å². The second-order valence-electron chi connectivity index (χ2n) is 2.82. The first-order valence-corrected chi connectivity index (χ1v) is 3.90. The molecule has 1 aromatic carbocycles. The molecule has 0 bridgehead atoms. The number of hydrogen-bond donors (Lipinski definition) is 2. The average Bonchev–Trinajstić information content (AvgIpc) is 2.63. The van der Waals surface area contributed by atoms with Crippen LogP contribution in [-0.2, 0) is 11.3 Å². The van der Waals surface area contributed by atoms with E-state index in [1.165, 1.54) is 0 Å². The van der Waals surface area contributed by atoms with E-state index in [0.717, 1.165) is 11.0 Å². The van der Waals surface area contributed by atoms with E-state index >= 15 is 0 Å². The number of carbonyl (C=O) groups excluding carboxylic acids is 1. The van der Waals surface area contributed by atoms with E-state index in [9.17, 15) is 4.79 Å². The van der Waals surface area contributed by atoms with Crippen LogP contribution in [0.25, 0.3) is 0 Å². The summed E-state index contributed by atoms with van der Waals surface area (Å²) in [5, 5.41) is 0. The van der Waals surface area contributed by atoms with Crippen molar-refractivity contribution in [2.75, 3.05) is 0 Å². The lowest BCUT2D eigenvalue weighted by molar-refractivity contribution is 0.0953. The monoisotopic (exact) mass is 175 g/mol. The highest BCUT2D eigenvalue weighted by Gasteiger charge is 2.14. The summed E-state index contributed by atoms with van der Waals surface area (Å²) in [6.45, 7) is 0.529. The minimum absolute atomic E-state index is 0.283. The normalized spacial score (nSPS) is 13.3. The molecule has 0 saturated carbocycles. The van der Waals surface area contributed by atoms with Gasteiger partial charge in [0.2, 0.25) is 0 Å². The van der Waals surface area contributed by atoms with E-state index in [1.807, 2.05) is 6.07 Å². The molecule has 1 amide bonds. The highest BCUT2D eigenvalue weighted by Crippen LogP contribution is 2.08. The molecule has 1 aromatic rings. The molecule has 1 aliphatic rings. The van der Waals surface area contributed by atoms with Gasteiger partial charge in [0.1, 0.15) is 0 Å². The third-order valence-corrected chi connectivity index (χ3v) is 1.99. The molecule has 5 heteroatoms. The van der Waals surface area contributed by atoms with Gasteiger partial charge in [-0.1, -0.05) is 6.07 Å². The fourth-order valence-corrected chi connectivity index (χ4v) is 1.29. The quantitative estimate of drug-likeness (QED) is 0.250. The number of fused-ring (bicyclic) bond motifs is 1. The highest BCUT2D eigenvalue weighted by molar-refractivity contribution is 6.48. The summed E-state index contributed by atoms with van der Waals surface area (Å²) in [4.78, 5) is 11.1. The number of nitrogens with one attached hydrogen (secondary N) is 1. The molecule has 0 aromatic heterocycles. The van der Waals surface area contributed by atoms with Crippen molar-refractivity contribution in [3.8, 4) is 0 Å². The number of amides is 1. The minimum Gasteiger partial charge on any atom is -0.430 e. The van der Waals surface area contributed by atoms with Crippen LogP contribution in [0.4, 0.5) is 0 Å². The van der Waals surface area contributed by atoms with Gasteiger partial charge in [0, 0.05) is 5.56 Å². The van der Waals surface area contributed by atoms with Crippen LogP contribution in [0.1, 0.15) is 15.9 Å². The van der Waals surface area contributed by atoms with E-state index in [2.05, 4.69) is 5.43 Å². The van der Waals surface area contributed by atoms with Crippen LogP contribution < -0.4 is 16.7 Å². The Kier molecular flexibility index (Phi) is 2.04. The van der Waals surface area contributed by atoms with E-state index in [-0.39, 0.29) is 5.91 Å². The Morgan fingerprint density at radius 2 is 2.46 bits per heavy atom.